The number of hydrogen-bond donors (Lipinski definition) is 1. The number of amides is 1. The van der Waals surface area contributed by atoms with Gasteiger partial charge in [-0.25, -0.2) is 0 Å². The number of rotatable bonds is 4. The Balaban J connectivity index is 1.92. The van der Waals surface area contributed by atoms with E-state index in [9.17, 15) is 4.79 Å². The van der Waals surface area contributed by atoms with E-state index in [1.807, 2.05) is 11.8 Å². The Hall–Kier alpha value is -0.690. The maximum atomic E-state index is 12.1. The summed E-state index contributed by atoms with van der Waals surface area (Å²) >= 11 is 1.94. The molecule has 2 aliphatic carbocycles. The van der Waals surface area contributed by atoms with Crippen molar-refractivity contribution < 1.29 is 4.79 Å². The van der Waals surface area contributed by atoms with Gasteiger partial charge in [-0.05, 0) is 37.9 Å². The largest absolute Gasteiger partial charge is 0.351 e. The number of thioether (sulfide) groups is 1. The lowest BCUT2D eigenvalue weighted by Crippen LogP contribution is -2.49. The van der Waals surface area contributed by atoms with E-state index in [0.717, 1.165) is 31.4 Å². The number of nitrogens with one attached hydrogen (secondary N) is 1. The molecule has 0 aliphatic heterocycles. The maximum absolute atomic E-state index is 12.1. The fourth-order valence-electron chi connectivity index (χ4n) is 2.73. The minimum absolute atomic E-state index is 0.0140. The van der Waals surface area contributed by atoms with Gasteiger partial charge < -0.3 is 5.32 Å². The Kier molecular flexibility index (Phi) is 3.98. The zero-order valence-electron chi connectivity index (χ0n) is 10.4. The van der Waals surface area contributed by atoms with E-state index in [4.69, 9.17) is 5.26 Å². The molecule has 2 fully saturated rings. The van der Waals surface area contributed by atoms with Gasteiger partial charge in [0.2, 0.25) is 5.91 Å². The van der Waals surface area contributed by atoms with Gasteiger partial charge in [0.25, 0.3) is 0 Å². The van der Waals surface area contributed by atoms with Gasteiger partial charge in [0.15, 0.2) is 0 Å². The van der Waals surface area contributed by atoms with Crippen LogP contribution in [0.4, 0.5) is 0 Å². The fraction of sp³-hybridized carbons (Fsp3) is 0.846. The number of carbonyl (C=O) groups is 1. The van der Waals surface area contributed by atoms with Gasteiger partial charge in [-0.15, -0.1) is 0 Å². The minimum atomic E-state index is -0.690. The molecule has 1 amide bonds. The summed E-state index contributed by atoms with van der Waals surface area (Å²) in [7, 11) is 0. The lowest BCUT2D eigenvalue weighted by molar-refractivity contribution is -0.132. The lowest BCUT2D eigenvalue weighted by Gasteiger charge is -2.35. The summed E-state index contributed by atoms with van der Waals surface area (Å²) in [6.07, 6.45) is 5.97. The SMILES string of the molecule is CCSC1CCCC1NC(=O)C1(C#N)CCC1. The summed E-state index contributed by atoms with van der Waals surface area (Å²) in [5, 5.41) is 12.8. The molecular weight excluding hydrogens is 232 g/mol. The molecule has 3 nitrogen and oxygen atoms in total. The molecule has 17 heavy (non-hydrogen) atoms. The van der Waals surface area contributed by atoms with Crippen LogP contribution in [0.1, 0.15) is 45.4 Å². The first-order valence-electron chi connectivity index (χ1n) is 6.55. The smallest absolute Gasteiger partial charge is 0.240 e. The molecule has 0 heterocycles. The Morgan fingerprint density at radius 2 is 2.24 bits per heavy atom. The first kappa shape index (κ1) is 12.8. The van der Waals surface area contributed by atoms with Crippen LogP contribution in [0.15, 0.2) is 0 Å². The van der Waals surface area contributed by atoms with E-state index in [0.29, 0.717) is 11.3 Å². The zero-order valence-corrected chi connectivity index (χ0v) is 11.2. The van der Waals surface area contributed by atoms with Gasteiger partial charge >= 0.3 is 0 Å². The summed E-state index contributed by atoms with van der Waals surface area (Å²) in [6, 6.07) is 2.51. The summed E-state index contributed by atoms with van der Waals surface area (Å²) in [5.74, 6) is 1.08. The molecule has 0 spiro atoms. The van der Waals surface area contributed by atoms with Gasteiger partial charge in [0, 0.05) is 11.3 Å². The van der Waals surface area contributed by atoms with Crippen molar-refractivity contribution in [3.8, 4) is 6.07 Å². The van der Waals surface area contributed by atoms with Crippen LogP contribution < -0.4 is 5.32 Å². The molecule has 2 aliphatic rings. The van der Waals surface area contributed by atoms with E-state index in [2.05, 4.69) is 18.3 Å². The van der Waals surface area contributed by atoms with Crippen LogP contribution in [0.3, 0.4) is 0 Å². The fourth-order valence-corrected chi connectivity index (χ4v) is 3.93. The summed E-state index contributed by atoms with van der Waals surface area (Å²) in [5.41, 5.74) is -0.690. The highest BCUT2D eigenvalue weighted by molar-refractivity contribution is 7.99. The number of carbonyl (C=O) groups excluding carboxylic acids is 1. The van der Waals surface area contributed by atoms with Crippen molar-refractivity contribution >= 4 is 17.7 Å². The van der Waals surface area contributed by atoms with Crippen molar-refractivity contribution in [3.63, 3.8) is 0 Å². The van der Waals surface area contributed by atoms with Crippen LogP contribution in [0, 0.1) is 16.7 Å². The average molecular weight is 252 g/mol. The summed E-state index contributed by atoms with van der Waals surface area (Å²) in [4.78, 5) is 12.1. The van der Waals surface area contributed by atoms with E-state index in [-0.39, 0.29) is 5.91 Å². The van der Waals surface area contributed by atoms with Crippen LogP contribution in [-0.2, 0) is 4.79 Å². The predicted molar refractivity (Wildman–Crippen MR) is 69.6 cm³/mol. The second kappa shape index (κ2) is 5.30. The molecule has 2 rings (SSSR count). The third-order valence-corrected chi connectivity index (χ3v) is 5.33. The number of nitriles is 1. The average Bonchev–Trinajstić information content (AvgIpc) is 2.66. The van der Waals surface area contributed by atoms with Gasteiger partial charge in [-0.1, -0.05) is 13.3 Å². The Morgan fingerprint density at radius 1 is 1.47 bits per heavy atom. The molecule has 0 bridgehead atoms. The number of nitrogens with zero attached hydrogens (tertiary/aromatic N) is 1. The van der Waals surface area contributed by atoms with Crippen LogP contribution >= 0.6 is 11.8 Å². The molecule has 2 saturated carbocycles. The normalized spacial score (nSPS) is 30.4. The quantitative estimate of drug-likeness (QED) is 0.836. The summed E-state index contributed by atoms with van der Waals surface area (Å²) < 4.78 is 0. The Morgan fingerprint density at radius 3 is 2.76 bits per heavy atom. The molecule has 1 N–H and O–H groups in total. The topological polar surface area (TPSA) is 52.9 Å². The first-order valence-corrected chi connectivity index (χ1v) is 7.60. The third kappa shape index (κ3) is 2.44. The van der Waals surface area contributed by atoms with Gasteiger partial charge in [-0.2, -0.15) is 17.0 Å². The van der Waals surface area contributed by atoms with Gasteiger partial charge in [-0.3, -0.25) is 4.79 Å². The molecule has 2 atom stereocenters. The van der Waals surface area contributed by atoms with Gasteiger partial charge in [0.05, 0.1) is 6.07 Å². The highest BCUT2D eigenvalue weighted by atomic mass is 32.2. The molecule has 0 aromatic heterocycles. The standard InChI is InChI=1S/C13H20N2OS/c1-2-17-11-6-3-5-10(11)15-12(16)13(9-14)7-4-8-13/h10-11H,2-8H2,1H3,(H,15,16). The molecule has 2 unspecified atom stereocenters. The lowest BCUT2D eigenvalue weighted by atomic mass is 9.69. The summed E-state index contributed by atoms with van der Waals surface area (Å²) in [6.45, 7) is 2.16. The molecule has 0 saturated heterocycles. The van der Waals surface area contributed by atoms with Crippen molar-refractivity contribution in [2.24, 2.45) is 5.41 Å². The van der Waals surface area contributed by atoms with Crippen molar-refractivity contribution in [2.75, 3.05) is 5.75 Å². The van der Waals surface area contributed by atoms with Crippen molar-refractivity contribution in [1.29, 1.82) is 5.26 Å². The third-order valence-electron chi connectivity index (χ3n) is 4.01. The van der Waals surface area contributed by atoms with E-state index < -0.39 is 5.41 Å². The number of hydrogen-bond acceptors (Lipinski definition) is 3. The van der Waals surface area contributed by atoms with Crippen molar-refractivity contribution in [1.82, 2.24) is 5.32 Å². The molecule has 0 radical (unpaired) electrons. The van der Waals surface area contributed by atoms with Crippen LogP contribution in [-0.4, -0.2) is 23.0 Å². The zero-order chi connectivity index (χ0) is 12.3. The second-order valence-corrected chi connectivity index (χ2v) is 6.57. The molecule has 94 valence electrons. The first-order chi connectivity index (χ1) is 8.22. The second-order valence-electron chi connectivity index (χ2n) is 5.05. The predicted octanol–water partition coefficient (Wildman–Crippen LogP) is 2.47. The molecule has 0 aromatic carbocycles. The Bertz CT molecular complexity index is 333. The van der Waals surface area contributed by atoms with Crippen LogP contribution in [0.2, 0.25) is 0 Å². The highest BCUT2D eigenvalue weighted by Crippen LogP contribution is 2.41. The van der Waals surface area contributed by atoms with E-state index in [1.54, 1.807) is 0 Å². The van der Waals surface area contributed by atoms with Crippen molar-refractivity contribution in [3.05, 3.63) is 0 Å². The molecule has 4 heteroatoms. The molecule has 0 aromatic rings. The Labute approximate surface area is 107 Å². The monoisotopic (exact) mass is 252 g/mol. The molecular formula is C13H20N2OS. The van der Waals surface area contributed by atoms with E-state index in [1.165, 1.54) is 12.8 Å². The van der Waals surface area contributed by atoms with Crippen LogP contribution in [0.5, 0.6) is 0 Å². The van der Waals surface area contributed by atoms with E-state index >= 15 is 0 Å². The minimum Gasteiger partial charge on any atom is -0.351 e. The maximum Gasteiger partial charge on any atom is 0.240 e. The van der Waals surface area contributed by atoms with Gasteiger partial charge in [0.1, 0.15) is 5.41 Å². The highest BCUT2D eigenvalue weighted by Gasteiger charge is 2.46. The van der Waals surface area contributed by atoms with Crippen molar-refractivity contribution in [2.45, 2.75) is 56.7 Å². The van der Waals surface area contributed by atoms with Crippen LogP contribution in [0.25, 0.3) is 0 Å².